The van der Waals surface area contributed by atoms with Crippen LogP contribution in [0.4, 0.5) is 0 Å². The molecular formula is C129H100Br8. The molecule has 0 aromatic heterocycles. The van der Waals surface area contributed by atoms with Gasteiger partial charge in [-0.05, 0) is 144 Å². The lowest BCUT2D eigenvalue weighted by Gasteiger charge is -2.23. The molecule has 0 N–H and O–H groups in total. The molecule has 0 fully saturated rings. The van der Waals surface area contributed by atoms with E-state index in [-0.39, 0.29) is 21.7 Å². The van der Waals surface area contributed by atoms with E-state index < -0.39 is 0 Å². The van der Waals surface area contributed by atoms with E-state index >= 15 is 0 Å². The average molecular weight is 2290 g/mol. The predicted octanol–water partition coefficient (Wildman–Crippen LogP) is 31.3. The van der Waals surface area contributed by atoms with Crippen LogP contribution in [0.25, 0.3) is 88.9 Å². The molecule has 0 radical (unpaired) electrons. The summed E-state index contributed by atoms with van der Waals surface area (Å²) in [5, 5.41) is 15.7. The van der Waals surface area contributed by atoms with Crippen LogP contribution in [0.3, 0.4) is 0 Å². The molecule has 137 heavy (non-hydrogen) atoms. The van der Waals surface area contributed by atoms with E-state index in [4.69, 9.17) is 0 Å². The van der Waals surface area contributed by atoms with Crippen molar-refractivity contribution in [2.24, 2.45) is 21.7 Å². The van der Waals surface area contributed by atoms with Crippen molar-refractivity contribution in [2.75, 3.05) is 0 Å². The second kappa shape index (κ2) is 40.6. The highest BCUT2D eigenvalue weighted by Crippen LogP contribution is 2.45. The zero-order valence-electron chi connectivity index (χ0n) is 80.7. The molecule has 16 rings (SSSR count). The summed E-state index contributed by atoms with van der Waals surface area (Å²) in [7, 11) is 0. The minimum absolute atomic E-state index is 0.0246. The highest BCUT2D eigenvalue weighted by molar-refractivity contribution is 9.12. The highest BCUT2D eigenvalue weighted by atomic mass is 79.9. The van der Waals surface area contributed by atoms with E-state index in [1.165, 1.54) is 79.4 Å². The minimum Gasteiger partial charge on any atom is -0.214 e. The molecule has 672 valence electrons. The first-order chi connectivity index (χ1) is 64.9. The second-order valence-electron chi connectivity index (χ2n) is 39.9. The first-order valence-corrected chi connectivity index (χ1v) is 52.1. The Hall–Kier alpha value is -10.8. The molecule has 12 aromatic carbocycles. The van der Waals surface area contributed by atoms with Gasteiger partial charge in [0.2, 0.25) is 0 Å². The molecule has 4 aliphatic rings. The van der Waals surface area contributed by atoms with Gasteiger partial charge in [-0.25, -0.2) is 22.9 Å². The van der Waals surface area contributed by atoms with Gasteiger partial charge < -0.3 is 0 Å². The molecule has 8 heteroatoms. The van der Waals surface area contributed by atoms with Crippen molar-refractivity contribution in [1.82, 2.24) is 0 Å². The maximum absolute atomic E-state index is 3.94. The molecule has 0 nitrogen and oxygen atoms in total. The van der Waals surface area contributed by atoms with Crippen LogP contribution in [0.15, 0.2) is 333 Å². The Morgan fingerprint density at radius 1 is 0.241 bits per heavy atom. The van der Waals surface area contributed by atoms with Gasteiger partial charge in [0, 0.05) is 145 Å². The Morgan fingerprint density at radius 3 is 0.606 bits per heavy atom. The van der Waals surface area contributed by atoms with Crippen molar-refractivity contribution in [1.29, 1.82) is 0 Å². The number of hydrogen-bond donors (Lipinski definition) is 0. The summed E-state index contributed by atoms with van der Waals surface area (Å²) < 4.78 is 7.05. The molecule has 0 saturated carbocycles. The Balaban J connectivity index is 0.805. The third-order valence-electron chi connectivity index (χ3n) is 25.1. The van der Waals surface area contributed by atoms with Crippen LogP contribution in [0.5, 0.6) is 0 Å². The zero-order chi connectivity index (χ0) is 97.8. The molecular weight excluding hydrogens is 2190 g/mol. The smallest absolute Gasteiger partial charge is 0.132 e. The van der Waals surface area contributed by atoms with Crippen molar-refractivity contribution >= 4 is 216 Å². The van der Waals surface area contributed by atoms with Gasteiger partial charge >= 0.3 is 0 Å². The number of rotatable bonds is 6. The molecule has 0 bridgehead atoms. The summed E-state index contributed by atoms with van der Waals surface area (Å²) in [4.78, 5) is 0. The maximum Gasteiger partial charge on any atom is 0.132 e. The number of benzene rings is 12. The summed E-state index contributed by atoms with van der Waals surface area (Å²) in [5.41, 5.74) is 51.9. The third kappa shape index (κ3) is 22.4. The second-order valence-corrected chi connectivity index (χ2v) is 46.7. The van der Waals surface area contributed by atoms with Crippen LogP contribution in [0.2, 0.25) is 0 Å². The predicted molar refractivity (Wildman–Crippen MR) is 606 cm³/mol. The lowest BCUT2D eigenvalue weighted by molar-refractivity contribution is 0.471. The van der Waals surface area contributed by atoms with Crippen molar-refractivity contribution in [3.8, 4) is 23.7 Å². The summed E-state index contributed by atoms with van der Waals surface area (Å²) in [6, 6.07) is 63.9. The summed E-state index contributed by atoms with van der Waals surface area (Å²) in [6.07, 6.45) is 33.1. The van der Waals surface area contributed by atoms with Gasteiger partial charge in [-0.2, -0.15) is 0 Å². The molecule has 0 unspecified atom stereocenters. The molecule has 0 heterocycles. The standard InChI is InChI=1S/C129H100Br8/c1-76-49-94(126(9,10)11)50-77(2)108(76)71-114-118(130)63-90(64-119(114)131)41-37-84-57-85(38-42-91-65-120(132)115(121(133)66-91)72-109-78(3)51-95(52-79(109)4)127(12,13)14)60-88(59-84)45-47-106-98-29-21-25-33-102(98)112(103-34-26-22-30-99(103)106)75-113-104-35-27-23-31-100(104)107(101-32-24-28-36-105(101)113)48-46-89-61-86(39-43-92-67-122(134)116(123(135)68-92)73-110-80(5)53-96(54-81(110)6)128(15,16)17)58-87(62-89)40-44-93-69-124(136)117(125(137)70-93)74-111-82(7)55-97(56-83(111)8)129(18,19)20/h21-36,49-70H,75H2,1-20H3. The van der Waals surface area contributed by atoms with E-state index in [1.807, 2.05) is 0 Å². The molecule has 0 atom stereocenters. The fourth-order valence-corrected chi connectivity index (χ4v) is 23.3. The molecule has 12 aromatic rings. The topological polar surface area (TPSA) is 0 Å². The fourth-order valence-electron chi connectivity index (χ4n) is 17.7. The van der Waals surface area contributed by atoms with Gasteiger partial charge in [-0.15, -0.1) is 58.7 Å². The molecule has 0 saturated heterocycles. The maximum atomic E-state index is 3.94. The van der Waals surface area contributed by atoms with Crippen LogP contribution in [0, 0.1) is 93.3 Å². The summed E-state index contributed by atoms with van der Waals surface area (Å²) >= 11 is 31.5. The Morgan fingerprint density at radius 2 is 0.423 bits per heavy atom. The zero-order valence-corrected chi connectivity index (χ0v) is 93.4. The lowest BCUT2D eigenvalue weighted by Crippen LogP contribution is -2.18. The van der Waals surface area contributed by atoms with Gasteiger partial charge in [0.15, 0.2) is 0 Å². The number of hydrogen-bond acceptors (Lipinski definition) is 0. The third-order valence-corrected chi connectivity index (χ3v) is 30.1. The van der Waals surface area contributed by atoms with Crippen LogP contribution in [-0.2, 0) is 6.42 Å². The van der Waals surface area contributed by atoms with Crippen molar-refractivity contribution < 1.29 is 0 Å². The Bertz CT molecular complexity index is 7410. The number of fused-ring (bicyclic) bond motifs is 4. The summed E-state index contributed by atoms with van der Waals surface area (Å²) in [6.45, 7) is 44.4. The number of halogens is 8. The first kappa shape index (κ1) is 99.3. The van der Waals surface area contributed by atoms with Crippen LogP contribution >= 0.6 is 127 Å². The van der Waals surface area contributed by atoms with E-state index in [0.29, 0.717) is 6.42 Å². The van der Waals surface area contributed by atoms with Gasteiger partial charge in [-0.3, -0.25) is 0 Å². The first-order valence-electron chi connectivity index (χ1n) is 45.7. The summed E-state index contributed by atoms with van der Waals surface area (Å²) in [5.74, 6) is 20.2. The Labute approximate surface area is 876 Å². The molecule has 0 amide bonds. The fraction of sp³-hybridized carbons (Fsp3) is 0.194. The normalized spacial score (nSPS) is 14.0. The quantitative estimate of drug-likeness (QED) is 0.0884. The van der Waals surface area contributed by atoms with E-state index in [1.54, 1.807) is 0 Å². The largest absolute Gasteiger partial charge is 0.214 e. The Kier molecular flexibility index (Phi) is 29.4. The van der Waals surface area contributed by atoms with Crippen molar-refractivity contribution in [3.05, 3.63) is 479 Å². The SMILES string of the molecule is CC1=C[C+](C(C)(C)C)C=C(C)C1=C=c1c(Br)cc(=C=[C-]c2cc(C#Cc3c4ccccc4c(Cc4c5ccccc5c(C#Cc5cc([C-]=C=c6cc(Br)c(=C=C7C(C)=C[C+](C(C)(C)C)C=C7C)c(Br)c6)cc([C-]=C=c6cc(Br)c(=C=C7C(C)=C[C+](C(C)(C)C)C=C7C)c(Br)c6)c5)c5ccccc45)c4ccccc34)cc([C-]=C=c3cc(Br)c(=C=C4C(C)=C[C+](C(C)(C)C)C=C4C)c(Br)c3)c2)cc1Br. The van der Waals surface area contributed by atoms with Gasteiger partial charge in [-0.1, -0.05) is 376 Å². The monoisotopic (exact) mass is 2280 g/mol. The van der Waals surface area contributed by atoms with Crippen LogP contribution in [0.1, 0.15) is 194 Å². The minimum atomic E-state index is 0.0246. The van der Waals surface area contributed by atoms with Gasteiger partial charge in [0.05, 0.1) is 117 Å². The van der Waals surface area contributed by atoms with Gasteiger partial charge in [0.1, 0.15) is 22.3 Å². The average Bonchev–Trinajstić information content (AvgIpc) is 0.733. The van der Waals surface area contributed by atoms with Crippen LogP contribution < -0.4 is 41.7 Å². The molecule has 0 spiro atoms. The molecule has 0 aliphatic heterocycles. The highest BCUT2D eigenvalue weighted by Gasteiger charge is 2.37. The molecule has 4 aliphatic carbocycles. The van der Waals surface area contributed by atoms with Crippen LogP contribution in [-0.4, -0.2) is 0 Å². The number of allylic oxidation sites excluding steroid dienone is 20. The van der Waals surface area contributed by atoms with Crippen molar-refractivity contribution in [3.63, 3.8) is 0 Å². The van der Waals surface area contributed by atoms with Crippen molar-refractivity contribution in [2.45, 2.75) is 145 Å². The van der Waals surface area contributed by atoms with E-state index in [0.717, 1.165) is 187 Å². The lowest BCUT2D eigenvalue weighted by atomic mass is 9.75. The van der Waals surface area contributed by atoms with E-state index in [2.05, 4.69) is 590 Å². The van der Waals surface area contributed by atoms with Gasteiger partial charge in [0.25, 0.3) is 0 Å². The van der Waals surface area contributed by atoms with E-state index in [9.17, 15) is 0 Å².